The van der Waals surface area contributed by atoms with E-state index < -0.39 is 0 Å². The van der Waals surface area contributed by atoms with Crippen LogP contribution in [0.25, 0.3) is 84.2 Å². The van der Waals surface area contributed by atoms with Crippen LogP contribution in [0.2, 0.25) is 0 Å². The number of fused-ring (bicyclic) bond motifs is 8. The van der Waals surface area contributed by atoms with Crippen molar-refractivity contribution in [2.45, 2.75) is 233 Å². The number of nitrogens with one attached hydrogen (secondary N) is 4. The second-order valence-electron chi connectivity index (χ2n) is 45.8. The van der Waals surface area contributed by atoms with Crippen LogP contribution in [0.4, 0.5) is 22.7 Å². The number of piperidine rings is 4. The lowest BCUT2D eigenvalue weighted by molar-refractivity contribution is 0.255. The average Bonchev–Trinajstić information content (AvgIpc) is 1.71. The van der Waals surface area contributed by atoms with Crippen LogP contribution in [0.15, 0.2) is 212 Å². The van der Waals surface area contributed by atoms with E-state index in [4.69, 9.17) is 17.7 Å². The third-order valence-corrected chi connectivity index (χ3v) is 37.2. The number of piperazine rings is 4. The molecule has 0 bridgehead atoms. The molecule has 8 fully saturated rings. The summed E-state index contributed by atoms with van der Waals surface area (Å²) in [6.45, 7) is 62.8. The van der Waals surface area contributed by atoms with Crippen molar-refractivity contribution >= 4 is 152 Å². The minimum Gasteiger partial charge on any atom is -0.461 e. The lowest BCUT2D eigenvalue weighted by atomic mass is 9.89. The lowest BCUT2D eigenvalue weighted by Crippen LogP contribution is -2.44. The minimum atomic E-state index is 0.444. The number of thiophene rings is 4. The van der Waals surface area contributed by atoms with Gasteiger partial charge >= 0.3 is 0 Å². The number of anilines is 4. The van der Waals surface area contributed by atoms with Crippen molar-refractivity contribution in [3.05, 3.63) is 259 Å². The molecule has 0 aliphatic carbocycles. The molecular formula is C128H172N12O4S4. The van der Waals surface area contributed by atoms with Crippen LogP contribution in [-0.2, 0) is 0 Å². The number of likely N-dealkylation sites (tertiary alicyclic amines) is 2. The smallest absolute Gasteiger partial charge is 0.136 e. The molecule has 8 saturated heterocycles. The first-order valence-corrected chi connectivity index (χ1v) is 59.6. The molecule has 0 radical (unpaired) electrons. The van der Waals surface area contributed by atoms with Crippen LogP contribution in [0.3, 0.4) is 0 Å². The Kier molecular flexibility index (Phi) is 38.5. The van der Waals surface area contributed by atoms with Crippen LogP contribution in [0.5, 0.6) is 0 Å². The number of nitrogens with zero attached hydrogens (tertiary/aromatic N) is 8. The first-order chi connectivity index (χ1) is 71.5. The maximum atomic E-state index is 5.97. The Morgan fingerprint density at radius 2 is 0.432 bits per heavy atom. The van der Waals surface area contributed by atoms with Gasteiger partial charge in [-0.1, -0.05) is 171 Å². The van der Waals surface area contributed by atoms with Crippen LogP contribution in [-0.4, -0.2) is 205 Å². The second-order valence-corrected chi connectivity index (χ2v) is 50.2. The van der Waals surface area contributed by atoms with E-state index in [-0.39, 0.29) is 0 Å². The van der Waals surface area contributed by atoms with Gasteiger partial charge < -0.3 is 78.1 Å². The van der Waals surface area contributed by atoms with Crippen molar-refractivity contribution in [1.82, 2.24) is 40.9 Å². The van der Waals surface area contributed by atoms with Gasteiger partial charge in [0.05, 0.1) is 0 Å². The molecule has 16 heterocycles. The quantitative estimate of drug-likeness (QED) is 0.0732. The van der Waals surface area contributed by atoms with Gasteiger partial charge in [0.2, 0.25) is 0 Å². The Morgan fingerprint density at radius 3 is 0.716 bits per heavy atom. The number of rotatable bonds is 16. The van der Waals surface area contributed by atoms with Gasteiger partial charge in [-0.25, -0.2) is 0 Å². The molecule has 0 spiro atoms. The highest BCUT2D eigenvalue weighted by molar-refractivity contribution is 7.20. The Morgan fingerprint density at radius 1 is 0.209 bits per heavy atom. The van der Waals surface area contributed by atoms with Crippen molar-refractivity contribution < 1.29 is 17.7 Å². The molecule has 0 unspecified atom stereocenters. The Hall–Kier alpha value is -9.36. The Bertz CT molecular complexity index is 6040. The number of benzene rings is 8. The van der Waals surface area contributed by atoms with Crippen molar-refractivity contribution in [3.63, 3.8) is 0 Å². The summed E-state index contributed by atoms with van der Waals surface area (Å²) >= 11 is 7.83. The van der Waals surface area contributed by atoms with Gasteiger partial charge in [-0.15, -0.1) is 45.3 Å². The molecule has 0 saturated carbocycles. The zero-order valence-corrected chi connectivity index (χ0v) is 96.1. The summed E-state index contributed by atoms with van der Waals surface area (Å²) in [5.41, 5.74) is 15.4. The SMILES string of the molecule is CC(C)c1cc2ccc(C3CCN(C)CC3)cc2o1.CC(C)c1cc2ccc(C3CCN(C)CC3)cc2s1.CC(C)c1cc2ccc(C3CCNCC3)cc2o1.CC(C)c1cc2ccc(C3CCNCC3)cc2s1.CC(C)c1cc2ccc(N3CCN(C)CC3)cc2o1.CC(C)c1cc2ccc(N3CCN(C)CC3)cc2s1.CC(C)c1cc2ccc(N3CCNCC3)cc2o1.CC(C)c1cc2ccc(N3CCNCC3)cc2s1. The van der Waals surface area contributed by atoms with E-state index in [1.165, 1.54) is 219 Å². The fraction of sp³-hybridized carbons (Fsp3) is 0.500. The molecule has 8 aliphatic heterocycles. The van der Waals surface area contributed by atoms with Gasteiger partial charge in [0.1, 0.15) is 45.4 Å². The summed E-state index contributed by atoms with van der Waals surface area (Å²) in [5, 5.41) is 24.1. The highest BCUT2D eigenvalue weighted by atomic mass is 32.1. The third-order valence-electron chi connectivity index (χ3n) is 31.6. The van der Waals surface area contributed by atoms with E-state index >= 15 is 0 Å². The summed E-state index contributed by atoms with van der Waals surface area (Å²) in [6.07, 6.45) is 10.2. The van der Waals surface area contributed by atoms with Gasteiger partial charge in [-0.05, 0) is 344 Å². The predicted molar refractivity (Wildman–Crippen MR) is 643 cm³/mol. The fourth-order valence-corrected chi connectivity index (χ4v) is 25.9. The zero-order valence-electron chi connectivity index (χ0n) is 92.9. The molecule has 16 nitrogen and oxygen atoms in total. The van der Waals surface area contributed by atoms with Crippen LogP contribution >= 0.6 is 45.3 Å². The molecule has 0 atom stereocenters. The van der Waals surface area contributed by atoms with Crippen molar-refractivity contribution in [3.8, 4) is 0 Å². The van der Waals surface area contributed by atoms with E-state index in [2.05, 4.69) is 394 Å². The molecule has 792 valence electrons. The summed E-state index contributed by atoms with van der Waals surface area (Å²) in [7, 11) is 8.82. The highest BCUT2D eigenvalue weighted by Crippen LogP contribution is 2.43. The van der Waals surface area contributed by atoms with Crippen LogP contribution in [0.1, 0.15) is 298 Å². The molecule has 8 aromatic carbocycles. The number of likely N-dealkylation sites (N-methyl/N-ethyl adjacent to an activating group) is 2. The number of furan rings is 4. The Balaban J connectivity index is 0.000000115. The van der Waals surface area contributed by atoms with Crippen LogP contribution in [0, 0.1) is 0 Å². The van der Waals surface area contributed by atoms with E-state index in [0.717, 1.165) is 162 Å². The molecule has 24 rings (SSSR count). The average molecular weight is 2070 g/mol. The lowest BCUT2D eigenvalue weighted by Gasteiger charge is -2.34. The molecule has 0 amide bonds. The maximum absolute atomic E-state index is 5.97. The molecule has 8 aliphatic rings. The molecular weight excluding hydrogens is 1900 g/mol. The normalized spacial score (nSPS) is 17.6. The Labute approximate surface area is 901 Å². The molecule has 8 aromatic heterocycles. The second kappa shape index (κ2) is 51.8. The summed E-state index contributed by atoms with van der Waals surface area (Å²) in [6, 6.07) is 72.8. The van der Waals surface area contributed by atoms with Gasteiger partial charge in [0.25, 0.3) is 0 Å². The van der Waals surface area contributed by atoms with E-state index in [1.54, 1.807) is 11.1 Å². The summed E-state index contributed by atoms with van der Waals surface area (Å²) < 4.78 is 29.6. The van der Waals surface area contributed by atoms with Crippen molar-refractivity contribution in [2.75, 3.05) is 205 Å². The van der Waals surface area contributed by atoms with E-state index in [0.29, 0.717) is 59.2 Å². The predicted octanol–water partition coefficient (Wildman–Crippen LogP) is 31.2. The monoisotopic (exact) mass is 2070 g/mol. The van der Waals surface area contributed by atoms with Crippen LogP contribution < -0.4 is 40.9 Å². The summed E-state index contributed by atoms with van der Waals surface area (Å²) in [5.74, 6) is 11.6. The zero-order chi connectivity index (χ0) is 104. The first-order valence-electron chi connectivity index (χ1n) is 56.3. The van der Waals surface area contributed by atoms with Gasteiger partial charge in [0.15, 0.2) is 0 Å². The molecule has 20 heteroatoms. The number of hydrogen-bond acceptors (Lipinski definition) is 20. The standard InChI is InChI=1S/C17H23NO.C17H23NS.C16H22N2O.C16H22N2S.C16H21NO.C16H21NS.C15H20N2O.C15H20N2S/c2*1-12(2)16-11-15-5-4-14(10-17(15)19-16)13-6-8-18(3)9-7-13;2*1-12(2)15-10-13-4-5-14(11-16(13)19-15)18-8-6-17(3)7-9-18;2*1-11(2)15-10-14-4-3-13(9-16(14)18-15)12-5-7-17-8-6-12;2*1-11(2)14-9-12-3-4-13(10-15(12)18-14)17-7-5-16-6-8-17/h2*4-5,10-13H,6-9H2,1-3H3;2*4-5,10-12H,6-9H2,1-3H3;2*3-4,9-12,17H,5-8H2,1-2H3;2*3-4,9-11,16H,5-8H2,1-2H3. The van der Waals surface area contributed by atoms with E-state index in [9.17, 15) is 0 Å². The van der Waals surface area contributed by atoms with Gasteiger partial charge in [-0.3, -0.25) is 0 Å². The highest BCUT2D eigenvalue weighted by Gasteiger charge is 2.27. The van der Waals surface area contributed by atoms with E-state index in [1.807, 2.05) is 45.3 Å². The summed E-state index contributed by atoms with van der Waals surface area (Å²) in [4.78, 5) is 25.5. The van der Waals surface area contributed by atoms with Crippen molar-refractivity contribution in [1.29, 1.82) is 0 Å². The number of hydrogen-bond donors (Lipinski definition) is 4. The third kappa shape index (κ3) is 29.0. The van der Waals surface area contributed by atoms with Gasteiger partial charge in [-0.2, -0.15) is 0 Å². The molecule has 148 heavy (non-hydrogen) atoms. The molecule has 4 N–H and O–H groups in total. The first kappa shape index (κ1) is 110. The van der Waals surface area contributed by atoms with Crippen molar-refractivity contribution in [2.24, 2.45) is 0 Å². The maximum Gasteiger partial charge on any atom is 0.136 e. The minimum absolute atomic E-state index is 0.444. The largest absolute Gasteiger partial charge is 0.461 e. The fourth-order valence-electron chi connectivity index (χ4n) is 21.5. The topological polar surface area (TPSA) is 127 Å². The van der Waals surface area contributed by atoms with Gasteiger partial charge in [0, 0.05) is 223 Å². The molecule has 16 aromatic rings.